The highest BCUT2D eigenvalue weighted by Crippen LogP contribution is 2.28. The summed E-state index contributed by atoms with van der Waals surface area (Å²) < 4.78 is 21.0. The van der Waals surface area contributed by atoms with Crippen LogP contribution in [0.25, 0.3) is 0 Å². The summed E-state index contributed by atoms with van der Waals surface area (Å²) in [5.41, 5.74) is 1.36. The van der Waals surface area contributed by atoms with Crippen LogP contribution in [-0.4, -0.2) is 46.6 Å². The topological polar surface area (TPSA) is 54.0 Å². The van der Waals surface area contributed by atoms with Gasteiger partial charge in [-0.1, -0.05) is 20.8 Å². The molecule has 5 heteroatoms. The van der Waals surface area contributed by atoms with Crippen LogP contribution in [0.1, 0.15) is 36.7 Å². The largest absolute Gasteiger partial charge is 0.486 e. The maximum absolute atomic E-state index is 11.9. The van der Waals surface area contributed by atoms with E-state index in [2.05, 4.69) is 20.8 Å². The quantitative estimate of drug-likeness (QED) is 0.725. The Hall–Kier alpha value is -1.59. The SMILES string of the molecule is COCC(COC)Oc1cc(C(=O)OC)cc(C(C)(C)C)c1. The van der Waals surface area contributed by atoms with E-state index in [1.807, 2.05) is 12.1 Å². The average Bonchev–Trinajstić information content (AvgIpc) is 2.45. The number of hydrogen-bond donors (Lipinski definition) is 0. The smallest absolute Gasteiger partial charge is 0.337 e. The minimum absolute atomic E-state index is 0.111. The first kappa shape index (κ1) is 18.5. The van der Waals surface area contributed by atoms with Gasteiger partial charge in [0.25, 0.3) is 0 Å². The molecule has 5 nitrogen and oxygen atoms in total. The summed E-state index contributed by atoms with van der Waals surface area (Å²) >= 11 is 0. The van der Waals surface area contributed by atoms with Gasteiger partial charge < -0.3 is 18.9 Å². The van der Waals surface area contributed by atoms with Crippen molar-refractivity contribution < 1.29 is 23.7 Å². The van der Waals surface area contributed by atoms with Crippen LogP contribution in [0.3, 0.4) is 0 Å². The monoisotopic (exact) mass is 310 g/mol. The summed E-state index contributed by atoms with van der Waals surface area (Å²) in [5, 5.41) is 0. The van der Waals surface area contributed by atoms with Crippen molar-refractivity contribution in [2.24, 2.45) is 0 Å². The Kier molecular flexibility index (Phi) is 6.84. The molecule has 0 heterocycles. The van der Waals surface area contributed by atoms with Crippen LogP contribution in [0.15, 0.2) is 18.2 Å². The van der Waals surface area contributed by atoms with E-state index in [4.69, 9.17) is 18.9 Å². The molecule has 1 aromatic carbocycles. The van der Waals surface area contributed by atoms with Crippen molar-refractivity contribution in [3.8, 4) is 5.75 Å². The zero-order chi connectivity index (χ0) is 16.8. The highest BCUT2D eigenvalue weighted by molar-refractivity contribution is 5.90. The summed E-state index contributed by atoms with van der Waals surface area (Å²) in [6.45, 7) is 7.04. The van der Waals surface area contributed by atoms with Gasteiger partial charge in [-0.2, -0.15) is 0 Å². The summed E-state index contributed by atoms with van der Waals surface area (Å²) in [6, 6.07) is 5.45. The van der Waals surface area contributed by atoms with Crippen molar-refractivity contribution in [3.05, 3.63) is 29.3 Å². The van der Waals surface area contributed by atoms with Gasteiger partial charge in [-0.3, -0.25) is 0 Å². The first-order valence-corrected chi connectivity index (χ1v) is 7.20. The lowest BCUT2D eigenvalue weighted by Crippen LogP contribution is -2.28. The standard InChI is InChI=1S/C17H26O5/c1-17(2,3)13-7-12(16(18)21-6)8-14(9-13)22-15(10-19-4)11-20-5/h7-9,15H,10-11H2,1-6H3. The molecule has 0 spiro atoms. The van der Waals surface area contributed by atoms with Crippen molar-refractivity contribution in [1.29, 1.82) is 0 Å². The molecule has 0 aliphatic heterocycles. The van der Waals surface area contributed by atoms with Gasteiger partial charge in [-0.25, -0.2) is 4.79 Å². The van der Waals surface area contributed by atoms with E-state index in [0.717, 1.165) is 5.56 Å². The second-order valence-electron chi connectivity index (χ2n) is 6.14. The first-order valence-electron chi connectivity index (χ1n) is 7.20. The minimum Gasteiger partial charge on any atom is -0.486 e. The van der Waals surface area contributed by atoms with Gasteiger partial charge in [0.1, 0.15) is 11.9 Å². The van der Waals surface area contributed by atoms with Crippen molar-refractivity contribution >= 4 is 5.97 Å². The molecule has 0 unspecified atom stereocenters. The molecule has 0 saturated carbocycles. The van der Waals surface area contributed by atoms with Crippen LogP contribution in [0.2, 0.25) is 0 Å². The maximum atomic E-state index is 11.9. The highest BCUT2D eigenvalue weighted by Gasteiger charge is 2.20. The number of rotatable bonds is 7. The summed E-state index contributed by atoms with van der Waals surface area (Å²) in [7, 11) is 4.58. The van der Waals surface area contributed by atoms with E-state index in [1.165, 1.54) is 7.11 Å². The normalized spacial score (nSPS) is 11.6. The number of benzene rings is 1. The van der Waals surface area contributed by atoms with Crippen molar-refractivity contribution in [2.45, 2.75) is 32.3 Å². The van der Waals surface area contributed by atoms with Crippen LogP contribution >= 0.6 is 0 Å². The molecule has 0 N–H and O–H groups in total. The van der Waals surface area contributed by atoms with Crippen LogP contribution in [0, 0.1) is 0 Å². The molecule has 0 amide bonds. The average molecular weight is 310 g/mol. The van der Waals surface area contributed by atoms with E-state index < -0.39 is 0 Å². The Balaban J connectivity index is 3.14. The first-order chi connectivity index (χ1) is 10.3. The lowest BCUT2D eigenvalue weighted by atomic mass is 9.86. The molecule has 0 radical (unpaired) electrons. The van der Waals surface area contributed by atoms with E-state index >= 15 is 0 Å². The zero-order valence-electron chi connectivity index (χ0n) is 14.3. The number of carbonyl (C=O) groups is 1. The summed E-state index contributed by atoms with van der Waals surface area (Å²) in [4.78, 5) is 11.9. The predicted octanol–water partition coefficient (Wildman–Crippen LogP) is 2.81. The van der Waals surface area contributed by atoms with Gasteiger partial charge in [0.15, 0.2) is 0 Å². The Morgan fingerprint density at radius 3 is 2.09 bits per heavy atom. The van der Waals surface area contributed by atoms with E-state index in [-0.39, 0.29) is 17.5 Å². The Morgan fingerprint density at radius 1 is 1.05 bits per heavy atom. The van der Waals surface area contributed by atoms with Crippen molar-refractivity contribution in [2.75, 3.05) is 34.5 Å². The molecule has 1 aromatic rings. The molecular weight excluding hydrogens is 284 g/mol. The fraction of sp³-hybridized carbons (Fsp3) is 0.588. The second-order valence-corrected chi connectivity index (χ2v) is 6.14. The number of esters is 1. The Morgan fingerprint density at radius 2 is 1.64 bits per heavy atom. The number of methoxy groups -OCH3 is 3. The lowest BCUT2D eigenvalue weighted by Gasteiger charge is -2.23. The van der Waals surface area contributed by atoms with Gasteiger partial charge in [0.2, 0.25) is 0 Å². The maximum Gasteiger partial charge on any atom is 0.337 e. The van der Waals surface area contributed by atoms with Gasteiger partial charge in [-0.05, 0) is 29.2 Å². The molecule has 0 aromatic heterocycles. The molecule has 124 valence electrons. The third-order valence-electron chi connectivity index (χ3n) is 3.20. The molecule has 0 bridgehead atoms. The molecule has 0 aliphatic carbocycles. The Labute approximate surface area is 132 Å². The molecule has 1 rings (SSSR count). The second kappa shape index (κ2) is 8.15. The fourth-order valence-electron chi connectivity index (χ4n) is 2.02. The lowest BCUT2D eigenvalue weighted by molar-refractivity contribution is 0.0243. The van der Waals surface area contributed by atoms with Crippen LogP contribution in [0.4, 0.5) is 0 Å². The highest BCUT2D eigenvalue weighted by atomic mass is 16.6. The molecule has 22 heavy (non-hydrogen) atoms. The van der Waals surface area contributed by atoms with Crippen molar-refractivity contribution in [3.63, 3.8) is 0 Å². The summed E-state index contributed by atoms with van der Waals surface area (Å²) in [6.07, 6.45) is -0.240. The molecule has 0 aliphatic rings. The molecular formula is C17H26O5. The van der Waals surface area contributed by atoms with Gasteiger partial charge in [0.05, 0.1) is 25.9 Å². The van der Waals surface area contributed by atoms with Gasteiger partial charge >= 0.3 is 5.97 Å². The molecule has 0 atom stereocenters. The number of carbonyl (C=O) groups excluding carboxylic acids is 1. The number of hydrogen-bond acceptors (Lipinski definition) is 5. The van der Waals surface area contributed by atoms with E-state index in [1.54, 1.807) is 20.3 Å². The van der Waals surface area contributed by atoms with Crippen LogP contribution < -0.4 is 4.74 Å². The molecule has 0 fully saturated rings. The van der Waals surface area contributed by atoms with Crippen LogP contribution in [0.5, 0.6) is 5.75 Å². The third kappa shape index (κ3) is 5.31. The predicted molar refractivity (Wildman–Crippen MR) is 84.6 cm³/mol. The van der Waals surface area contributed by atoms with Gasteiger partial charge in [-0.15, -0.1) is 0 Å². The van der Waals surface area contributed by atoms with Crippen LogP contribution in [-0.2, 0) is 19.6 Å². The minimum atomic E-state index is -0.383. The van der Waals surface area contributed by atoms with Crippen molar-refractivity contribution in [1.82, 2.24) is 0 Å². The molecule has 0 saturated heterocycles. The van der Waals surface area contributed by atoms with Gasteiger partial charge in [0, 0.05) is 14.2 Å². The third-order valence-corrected chi connectivity index (χ3v) is 3.20. The fourth-order valence-corrected chi connectivity index (χ4v) is 2.02. The van der Waals surface area contributed by atoms with E-state index in [9.17, 15) is 4.79 Å². The Bertz CT molecular complexity index is 484. The zero-order valence-corrected chi connectivity index (χ0v) is 14.3. The number of ether oxygens (including phenoxy) is 4. The van der Waals surface area contributed by atoms with E-state index in [0.29, 0.717) is 24.5 Å². The summed E-state index contributed by atoms with van der Waals surface area (Å²) in [5.74, 6) is 0.220.